The molecule has 0 spiro atoms. The predicted molar refractivity (Wildman–Crippen MR) is 66.9 cm³/mol. The van der Waals surface area contributed by atoms with Gasteiger partial charge in [0.15, 0.2) is 5.13 Å². The van der Waals surface area contributed by atoms with Gasteiger partial charge in [-0.15, -0.1) is 22.9 Å². The van der Waals surface area contributed by atoms with Gasteiger partial charge in [0.05, 0.1) is 11.6 Å². The minimum atomic E-state index is 0.521. The number of hydrogen-bond acceptors (Lipinski definition) is 3. The molecule has 2 nitrogen and oxygen atoms in total. The van der Waals surface area contributed by atoms with Gasteiger partial charge in [0, 0.05) is 17.5 Å². The van der Waals surface area contributed by atoms with E-state index >= 15 is 0 Å². The standard InChI is InChI=1S/C11H17ClN2S/c1-8-4-3-5-9(2)14(8)11-13-10(6-12)7-15-11/h7-9H,3-6H2,1-2H3. The number of alkyl halides is 1. The maximum atomic E-state index is 5.78. The van der Waals surface area contributed by atoms with Gasteiger partial charge in [0.2, 0.25) is 0 Å². The molecule has 0 saturated carbocycles. The third-order valence-electron chi connectivity index (χ3n) is 3.09. The first kappa shape index (κ1) is 11.2. The lowest BCUT2D eigenvalue weighted by Gasteiger charge is -2.38. The fraction of sp³-hybridized carbons (Fsp3) is 0.727. The first-order chi connectivity index (χ1) is 7.22. The van der Waals surface area contributed by atoms with Crippen LogP contribution in [0.15, 0.2) is 5.38 Å². The number of thiazole rings is 1. The van der Waals surface area contributed by atoms with Crippen LogP contribution in [0.2, 0.25) is 0 Å². The Balaban J connectivity index is 2.19. The van der Waals surface area contributed by atoms with E-state index in [-0.39, 0.29) is 0 Å². The van der Waals surface area contributed by atoms with Crippen LogP contribution in [0, 0.1) is 0 Å². The van der Waals surface area contributed by atoms with Crippen LogP contribution >= 0.6 is 22.9 Å². The zero-order chi connectivity index (χ0) is 10.8. The second-order valence-electron chi connectivity index (χ2n) is 4.29. The molecule has 1 saturated heterocycles. The number of halogens is 1. The van der Waals surface area contributed by atoms with Crippen molar-refractivity contribution in [2.45, 2.75) is 51.1 Å². The van der Waals surface area contributed by atoms with Gasteiger partial charge in [-0.2, -0.15) is 0 Å². The second kappa shape index (κ2) is 4.71. The highest BCUT2D eigenvalue weighted by Gasteiger charge is 2.26. The lowest BCUT2D eigenvalue weighted by molar-refractivity contribution is 0.413. The summed E-state index contributed by atoms with van der Waals surface area (Å²) in [4.78, 5) is 7.01. The van der Waals surface area contributed by atoms with Crippen LogP contribution in [0.1, 0.15) is 38.8 Å². The summed E-state index contributed by atoms with van der Waals surface area (Å²) in [6.45, 7) is 4.58. The van der Waals surface area contributed by atoms with Crippen molar-refractivity contribution >= 4 is 28.1 Å². The largest absolute Gasteiger partial charge is 0.343 e. The molecule has 0 radical (unpaired) electrons. The zero-order valence-corrected chi connectivity index (χ0v) is 10.8. The summed E-state index contributed by atoms with van der Waals surface area (Å²) in [7, 11) is 0. The number of aromatic nitrogens is 1. The molecule has 4 heteroatoms. The van der Waals surface area contributed by atoms with Gasteiger partial charge in [-0.25, -0.2) is 4.98 Å². The van der Waals surface area contributed by atoms with Crippen LogP contribution in [0.5, 0.6) is 0 Å². The van der Waals surface area contributed by atoms with Crippen molar-refractivity contribution in [3.05, 3.63) is 11.1 Å². The van der Waals surface area contributed by atoms with Crippen molar-refractivity contribution < 1.29 is 0 Å². The molecule has 1 fully saturated rings. The molecule has 1 aliphatic heterocycles. The molecule has 84 valence electrons. The van der Waals surface area contributed by atoms with Crippen molar-refractivity contribution in [1.82, 2.24) is 4.98 Å². The molecule has 1 aromatic rings. The van der Waals surface area contributed by atoms with Crippen LogP contribution in [0.4, 0.5) is 5.13 Å². The summed E-state index contributed by atoms with van der Waals surface area (Å²) in [5, 5.41) is 3.21. The number of hydrogen-bond donors (Lipinski definition) is 0. The highest BCUT2D eigenvalue weighted by atomic mass is 35.5. The molecule has 2 atom stereocenters. The minimum absolute atomic E-state index is 0.521. The molecule has 1 aromatic heterocycles. The summed E-state index contributed by atoms with van der Waals surface area (Å²) < 4.78 is 0. The van der Waals surface area contributed by atoms with Gasteiger partial charge in [0.25, 0.3) is 0 Å². The van der Waals surface area contributed by atoms with E-state index < -0.39 is 0 Å². The van der Waals surface area contributed by atoms with Gasteiger partial charge < -0.3 is 4.90 Å². The van der Waals surface area contributed by atoms with E-state index in [1.807, 2.05) is 0 Å². The average Bonchev–Trinajstić information content (AvgIpc) is 2.66. The molecule has 0 aliphatic carbocycles. The third kappa shape index (κ3) is 2.28. The Bertz CT molecular complexity index is 316. The third-order valence-corrected chi connectivity index (χ3v) is 4.27. The van der Waals surface area contributed by atoms with E-state index in [0.717, 1.165) is 10.8 Å². The summed E-state index contributed by atoms with van der Waals surface area (Å²) in [5.74, 6) is 0.521. The van der Waals surface area contributed by atoms with Crippen LogP contribution < -0.4 is 4.90 Å². The van der Waals surface area contributed by atoms with Crippen molar-refractivity contribution in [3.63, 3.8) is 0 Å². The lowest BCUT2D eigenvalue weighted by Crippen LogP contribution is -2.43. The van der Waals surface area contributed by atoms with E-state index in [4.69, 9.17) is 11.6 Å². The Morgan fingerprint density at radius 3 is 2.67 bits per heavy atom. The molecule has 15 heavy (non-hydrogen) atoms. The van der Waals surface area contributed by atoms with Gasteiger partial charge >= 0.3 is 0 Å². The molecule has 0 bridgehead atoms. The predicted octanol–water partition coefficient (Wildman–Crippen LogP) is 3.65. The number of piperidine rings is 1. The monoisotopic (exact) mass is 244 g/mol. The second-order valence-corrected chi connectivity index (χ2v) is 5.40. The normalized spacial score (nSPS) is 27.0. The van der Waals surface area contributed by atoms with Gasteiger partial charge in [-0.3, -0.25) is 0 Å². The van der Waals surface area contributed by atoms with E-state index in [1.54, 1.807) is 11.3 Å². The minimum Gasteiger partial charge on any atom is -0.343 e. The fourth-order valence-electron chi connectivity index (χ4n) is 2.27. The van der Waals surface area contributed by atoms with E-state index in [2.05, 4.69) is 29.1 Å². The lowest BCUT2D eigenvalue weighted by atomic mass is 9.98. The number of anilines is 1. The molecule has 2 heterocycles. The Hall–Kier alpha value is -0.280. The topological polar surface area (TPSA) is 16.1 Å². The van der Waals surface area contributed by atoms with Crippen molar-refractivity contribution in [2.24, 2.45) is 0 Å². The molecule has 0 amide bonds. The van der Waals surface area contributed by atoms with Crippen LogP contribution in [-0.4, -0.2) is 17.1 Å². The first-order valence-electron chi connectivity index (χ1n) is 5.51. The molecular formula is C11H17ClN2S. The zero-order valence-electron chi connectivity index (χ0n) is 9.24. The summed E-state index contributed by atoms with van der Waals surface area (Å²) in [5.41, 5.74) is 1.00. The highest BCUT2D eigenvalue weighted by molar-refractivity contribution is 7.13. The maximum absolute atomic E-state index is 5.78. The smallest absolute Gasteiger partial charge is 0.186 e. The Kier molecular flexibility index (Phi) is 3.52. The maximum Gasteiger partial charge on any atom is 0.186 e. The average molecular weight is 245 g/mol. The number of nitrogens with zero attached hydrogens (tertiary/aromatic N) is 2. The van der Waals surface area contributed by atoms with E-state index in [0.29, 0.717) is 18.0 Å². The van der Waals surface area contributed by atoms with E-state index in [1.165, 1.54) is 19.3 Å². The van der Waals surface area contributed by atoms with Crippen molar-refractivity contribution in [3.8, 4) is 0 Å². The van der Waals surface area contributed by atoms with E-state index in [9.17, 15) is 0 Å². The molecule has 0 aromatic carbocycles. The Labute approximate surface area is 100 Å². The molecule has 0 N–H and O–H groups in total. The molecular weight excluding hydrogens is 228 g/mol. The van der Waals surface area contributed by atoms with Crippen LogP contribution in [0.3, 0.4) is 0 Å². The highest BCUT2D eigenvalue weighted by Crippen LogP contribution is 2.31. The van der Waals surface area contributed by atoms with Crippen LogP contribution in [0.25, 0.3) is 0 Å². The molecule has 2 unspecified atom stereocenters. The van der Waals surface area contributed by atoms with Gasteiger partial charge in [0.1, 0.15) is 0 Å². The Morgan fingerprint density at radius 1 is 1.47 bits per heavy atom. The molecule has 1 aliphatic rings. The Morgan fingerprint density at radius 2 is 2.13 bits per heavy atom. The van der Waals surface area contributed by atoms with Gasteiger partial charge in [-0.05, 0) is 33.1 Å². The SMILES string of the molecule is CC1CCCC(C)N1c1nc(CCl)cs1. The fourth-order valence-corrected chi connectivity index (χ4v) is 3.53. The first-order valence-corrected chi connectivity index (χ1v) is 6.92. The van der Waals surface area contributed by atoms with Crippen LogP contribution in [-0.2, 0) is 5.88 Å². The van der Waals surface area contributed by atoms with Gasteiger partial charge in [-0.1, -0.05) is 0 Å². The summed E-state index contributed by atoms with van der Waals surface area (Å²) in [6, 6.07) is 1.23. The summed E-state index contributed by atoms with van der Waals surface area (Å²) >= 11 is 7.50. The quantitative estimate of drug-likeness (QED) is 0.739. The number of rotatable bonds is 2. The summed E-state index contributed by atoms with van der Waals surface area (Å²) in [6.07, 6.45) is 3.90. The van der Waals surface area contributed by atoms with Crippen molar-refractivity contribution in [1.29, 1.82) is 0 Å². The van der Waals surface area contributed by atoms with Crippen molar-refractivity contribution in [2.75, 3.05) is 4.90 Å². The molecule has 2 rings (SSSR count).